The maximum Gasteiger partial charge on any atom is 0.437 e. The molecule has 0 spiro atoms. The molecule has 34 heavy (non-hydrogen) atoms. The summed E-state index contributed by atoms with van der Waals surface area (Å²) in [5.74, 6) is -2.32. The van der Waals surface area contributed by atoms with E-state index in [9.17, 15) is 23.1 Å². The normalized spacial score (nSPS) is 22.4. The van der Waals surface area contributed by atoms with Crippen LogP contribution in [0.1, 0.15) is 27.5 Å². The fourth-order valence-corrected chi connectivity index (χ4v) is 4.19. The molecular formula is C25H21F3N2O3S. The average molecular weight is 487 g/mol. The van der Waals surface area contributed by atoms with Crippen LogP contribution in [-0.4, -0.2) is 27.9 Å². The Balaban J connectivity index is 1.66. The number of ketones is 1. The van der Waals surface area contributed by atoms with Gasteiger partial charge in [0.2, 0.25) is 5.72 Å². The number of alkyl halides is 3. The van der Waals surface area contributed by atoms with Crippen molar-refractivity contribution in [2.75, 3.05) is 0 Å². The molecule has 0 saturated carbocycles. The summed E-state index contributed by atoms with van der Waals surface area (Å²) in [6.07, 6.45) is -5.18. The van der Waals surface area contributed by atoms with Gasteiger partial charge in [-0.15, -0.1) is 0 Å². The molecule has 176 valence electrons. The number of thiocarbonyl (C=S) groups is 1. The van der Waals surface area contributed by atoms with Crippen LogP contribution in [0.2, 0.25) is 0 Å². The molecular weight excluding hydrogens is 465 g/mol. The number of halogens is 3. The van der Waals surface area contributed by atoms with Crippen molar-refractivity contribution < 1.29 is 27.8 Å². The number of benzene rings is 3. The molecule has 3 atom stereocenters. The van der Waals surface area contributed by atoms with Crippen LogP contribution in [-0.2, 0) is 6.61 Å². The summed E-state index contributed by atoms with van der Waals surface area (Å²) in [5, 5.41) is 15.0. The minimum Gasteiger partial charge on any atom is -0.489 e. The van der Waals surface area contributed by atoms with Crippen LogP contribution in [0, 0.1) is 5.92 Å². The van der Waals surface area contributed by atoms with Gasteiger partial charge in [-0.1, -0.05) is 72.8 Å². The Morgan fingerprint density at radius 2 is 1.56 bits per heavy atom. The molecule has 1 aliphatic rings. The van der Waals surface area contributed by atoms with Crippen molar-refractivity contribution in [3.05, 3.63) is 102 Å². The average Bonchev–Trinajstić information content (AvgIpc) is 2.83. The number of aliphatic hydroxyl groups is 1. The number of carbonyl (C=O) groups excluding carboxylic acids is 1. The van der Waals surface area contributed by atoms with E-state index >= 15 is 0 Å². The van der Waals surface area contributed by atoms with Gasteiger partial charge in [-0.05, 0) is 35.5 Å². The van der Waals surface area contributed by atoms with Crippen LogP contribution in [0.3, 0.4) is 0 Å². The molecule has 5 nitrogen and oxygen atoms in total. The highest BCUT2D eigenvalue weighted by Gasteiger charge is 2.65. The van der Waals surface area contributed by atoms with Crippen molar-refractivity contribution in [3.8, 4) is 5.75 Å². The Labute approximate surface area is 199 Å². The summed E-state index contributed by atoms with van der Waals surface area (Å²) in [6.45, 7) is 0.318. The highest BCUT2D eigenvalue weighted by Crippen LogP contribution is 2.44. The molecule has 0 aliphatic carbocycles. The van der Waals surface area contributed by atoms with Crippen LogP contribution in [0.4, 0.5) is 13.2 Å². The van der Waals surface area contributed by atoms with Gasteiger partial charge in [0.25, 0.3) is 0 Å². The standard InChI is InChI=1S/C25H21F3N2O3S/c26-25(27,28)24(32)20(22(31)18-9-5-2-6-10-18)21(29-23(34)30-24)17-11-13-19(14-12-17)33-15-16-7-3-1-4-8-16/h1-14,20-21,32H,15H2,(H2,29,30,34). The summed E-state index contributed by atoms with van der Waals surface area (Å²) < 4.78 is 47.9. The number of rotatable bonds is 6. The Bertz CT molecular complexity index is 1160. The minimum absolute atomic E-state index is 0.0411. The molecule has 1 fully saturated rings. The third kappa shape index (κ3) is 4.76. The first-order valence-electron chi connectivity index (χ1n) is 10.4. The molecule has 0 radical (unpaired) electrons. The molecule has 9 heteroatoms. The van der Waals surface area contributed by atoms with Crippen molar-refractivity contribution in [2.24, 2.45) is 5.92 Å². The minimum atomic E-state index is -5.18. The van der Waals surface area contributed by atoms with Crippen LogP contribution >= 0.6 is 12.2 Å². The van der Waals surface area contributed by atoms with E-state index in [2.05, 4.69) is 5.32 Å². The lowest BCUT2D eigenvalue weighted by molar-refractivity contribution is -0.285. The molecule has 1 saturated heterocycles. The highest BCUT2D eigenvalue weighted by atomic mass is 32.1. The number of nitrogens with one attached hydrogen (secondary N) is 2. The smallest absolute Gasteiger partial charge is 0.437 e. The predicted octanol–water partition coefficient (Wildman–Crippen LogP) is 4.53. The summed E-state index contributed by atoms with van der Waals surface area (Å²) in [5.41, 5.74) is -2.22. The summed E-state index contributed by atoms with van der Waals surface area (Å²) in [6, 6.07) is 22.1. The van der Waals surface area contributed by atoms with Crippen molar-refractivity contribution in [2.45, 2.75) is 24.6 Å². The molecule has 1 aliphatic heterocycles. The number of carbonyl (C=O) groups is 1. The quantitative estimate of drug-likeness (QED) is 0.351. The monoisotopic (exact) mass is 486 g/mol. The van der Waals surface area contributed by atoms with E-state index in [-0.39, 0.29) is 5.56 Å². The summed E-state index contributed by atoms with van der Waals surface area (Å²) in [7, 11) is 0. The Hall–Kier alpha value is -3.43. The van der Waals surface area contributed by atoms with Gasteiger partial charge in [0, 0.05) is 5.56 Å². The van der Waals surface area contributed by atoms with Gasteiger partial charge in [0.1, 0.15) is 18.3 Å². The van der Waals surface area contributed by atoms with Gasteiger partial charge in [-0.3, -0.25) is 4.79 Å². The SMILES string of the molecule is O=C(c1ccccc1)C1C(c2ccc(OCc3ccccc3)cc2)NC(=S)NC1(O)C(F)(F)F. The first-order chi connectivity index (χ1) is 16.2. The molecule has 0 aromatic heterocycles. The summed E-state index contributed by atoms with van der Waals surface area (Å²) in [4.78, 5) is 13.3. The van der Waals surface area contributed by atoms with Gasteiger partial charge in [0.05, 0.1) is 6.04 Å². The first kappa shape index (κ1) is 23.7. The van der Waals surface area contributed by atoms with Gasteiger partial charge in [0.15, 0.2) is 10.9 Å². The molecule has 1 heterocycles. The van der Waals surface area contributed by atoms with Gasteiger partial charge in [-0.2, -0.15) is 13.2 Å². The van der Waals surface area contributed by atoms with E-state index in [1.807, 2.05) is 35.6 Å². The van der Waals surface area contributed by atoms with Crippen molar-refractivity contribution in [1.29, 1.82) is 0 Å². The van der Waals surface area contributed by atoms with E-state index in [4.69, 9.17) is 17.0 Å². The van der Waals surface area contributed by atoms with E-state index in [0.29, 0.717) is 17.9 Å². The largest absolute Gasteiger partial charge is 0.489 e. The third-order valence-corrected chi connectivity index (χ3v) is 5.85. The molecule has 0 bridgehead atoms. The van der Waals surface area contributed by atoms with E-state index in [1.54, 1.807) is 42.5 Å². The Kier molecular flexibility index (Phi) is 6.58. The van der Waals surface area contributed by atoms with E-state index < -0.39 is 34.8 Å². The van der Waals surface area contributed by atoms with Gasteiger partial charge < -0.3 is 20.5 Å². The van der Waals surface area contributed by atoms with Crippen LogP contribution < -0.4 is 15.4 Å². The number of Topliss-reactive ketones (excluding diaryl/α,β-unsaturated/α-hetero) is 1. The maximum atomic E-state index is 14.1. The topological polar surface area (TPSA) is 70.6 Å². The van der Waals surface area contributed by atoms with Crippen LogP contribution in [0.25, 0.3) is 0 Å². The predicted molar refractivity (Wildman–Crippen MR) is 124 cm³/mol. The third-order valence-electron chi connectivity index (χ3n) is 5.63. The zero-order valence-corrected chi connectivity index (χ0v) is 18.6. The second-order valence-corrected chi connectivity index (χ2v) is 8.30. The van der Waals surface area contributed by atoms with Gasteiger partial charge >= 0.3 is 6.18 Å². The molecule has 4 rings (SSSR count). The molecule has 3 aromatic carbocycles. The highest BCUT2D eigenvalue weighted by molar-refractivity contribution is 7.80. The zero-order chi connectivity index (χ0) is 24.3. The van der Waals surface area contributed by atoms with E-state index in [1.165, 1.54) is 12.1 Å². The molecule has 3 aromatic rings. The lowest BCUT2D eigenvalue weighted by atomic mass is 9.77. The lowest BCUT2D eigenvalue weighted by Crippen LogP contribution is -2.72. The van der Waals surface area contributed by atoms with Crippen molar-refractivity contribution in [3.63, 3.8) is 0 Å². The maximum absolute atomic E-state index is 14.1. The Morgan fingerprint density at radius 3 is 2.15 bits per heavy atom. The second kappa shape index (κ2) is 9.44. The summed E-state index contributed by atoms with van der Waals surface area (Å²) >= 11 is 4.96. The van der Waals surface area contributed by atoms with Crippen molar-refractivity contribution in [1.82, 2.24) is 10.6 Å². The fraction of sp³-hybridized carbons (Fsp3) is 0.200. The van der Waals surface area contributed by atoms with Crippen LogP contribution in [0.5, 0.6) is 5.75 Å². The first-order valence-corrected chi connectivity index (χ1v) is 10.8. The number of hydrogen-bond acceptors (Lipinski definition) is 4. The number of hydrogen-bond donors (Lipinski definition) is 3. The molecule has 3 unspecified atom stereocenters. The Morgan fingerprint density at radius 1 is 0.971 bits per heavy atom. The van der Waals surface area contributed by atoms with Gasteiger partial charge in [-0.25, -0.2) is 0 Å². The van der Waals surface area contributed by atoms with E-state index in [0.717, 1.165) is 5.56 Å². The fourth-order valence-electron chi connectivity index (χ4n) is 3.91. The molecule has 0 amide bonds. The second-order valence-electron chi connectivity index (χ2n) is 7.89. The lowest BCUT2D eigenvalue weighted by Gasteiger charge is -2.46. The molecule has 3 N–H and O–H groups in total. The van der Waals surface area contributed by atoms with Crippen LogP contribution in [0.15, 0.2) is 84.9 Å². The van der Waals surface area contributed by atoms with Crippen molar-refractivity contribution >= 4 is 23.1 Å². The number of ether oxygens (including phenoxy) is 1. The zero-order valence-electron chi connectivity index (χ0n) is 17.8.